The van der Waals surface area contributed by atoms with E-state index in [1.54, 1.807) is 18.0 Å². The second-order valence-electron chi connectivity index (χ2n) is 8.25. The molecule has 6 nitrogen and oxygen atoms in total. The van der Waals surface area contributed by atoms with Crippen molar-refractivity contribution in [2.75, 3.05) is 22.6 Å². The summed E-state index contributed by atoms with van der Waals surface area (Å²) in [5, 5.41) is 3.84. The molecule has 0 fully saturated rings. The van der Waals surface area contributed by atoms with Crippen molar-refractivity contribution in [3.63, 3.8) is 0 Å². The standard InChI is InChI=1S/C27H25N3O3S/c1-18(31)29-24-15-28-23-9-7-19(13-22(23)24)11-12-33-21-8-10-26-25(14-21)30(27(32)17-34-26)16-20-5-3-2-4-6-20/h2-10,13-15,28H,11-12,16-17H2,1H3,(H,29,31). The third kappa shape index (κ3) is 4.79. The first kappa shape index (κ1) is 22.1. The van der Waals surface area contributed by atoms with Gasteiger partial charge in [0.25, 0.3) is 0 Å². The highest BCUT2D eigenvalue weighted by atomic mass is 32.2. The van der Waals surface area contributed by atoms with Gasteiger partial charge in [0.1, 0.15) is 5.75 Å². The molecule has 0 bridgehead atoms. The number of carbonyl (C=O) groups is 2. The molecule has 4 aromatic rings. The van der Waals surface area contributed by atoms with Crippen LogP contribution >= 0.6 is 11.8 Å². The zero-order valence-electron chi connectivity index (χ0n) is 18.8. The fourth-order valence-corrected chi connectivity index (χ4v) is 5.03. The Morgan fingerprint density at radius 3 is 2.76 bits per heavy atom. The maximum Gasteiger partial charge on any atom is 0.237 e. The van der Waals surface area contributed by atoms with Crippen molar-refractivity contribution < 1.29 is 14.3 Å². The van der Waals surface area contributed by atoms with Gasteiger partial charge >= 0.3 is 0 Å². The first-order chi connectivity index (χ1) is 16.6. The molecule has 0 radical (unpaired) electrons. The zero-order chi connectivity index (χ0) is 23.5. The summed E-state index contributed by atoms with van der Waals surface area (Å²) in [7, 11) is 0. The molecule has 1 aliphatic heterocycles. The molecule has 0 unspecified atom stereocenters. The maximum atomic E-state index is 12.7. The number of nitrogens with zero attached hydrogens (tertiary/aromatic N) is 1. The van der Waals surface area contributed by atoms with E-state index in [1.165, 1.54) is 6.92 Å². The molecule has 1 aliphatic rings. The average Bonchev–Trinajstić information content (AvgIpc) is 3.23. The third-order valence-electron chi connectivity index (χ3n) is 5.77. The molecule has 34 heavy (non-hydrogen) atoms. The molecular weight excluding hydrogens is 446 g/mol. The first-order valence-corrected chi connectivity index (χ1v) is 12.2. The Hall–Kier alpha value is -3.71. The number of amides is 2. The quantitative estimate of drug-likeness (QED) is 0.379. The molecule has 172 valence electrons. The molecule has 5 rings (SSSR count). The summed E-state index contributed by atoms with van der Waals surface area (Å²) in [6, 6.07) is 22.1. The van der Waals surface area contributed by atoms with Gasteiger partial charge in [-0.2, -0.15) is 0 Å². The van der Waals surface area contributed by atoms with Gasteiger partial charge in [0.2, 0.25) is 11.8 Å². The van der Waals surface area contributed by atoms with E-state index in [1.807, 2.05) is 59.5 Å². The van der Waals surface area contributed by atoms with E-state index < -0.39 is 0 Å². The summed E-state index contributed by atoms with van der Waals surface area (Å²) in [6.07, 6.45) is 2.53. The molecule has 0 spiro atoms. The van der Waals surface area contributed by atoms with Gasteiger partial charge in [-0.3, -0.25) is 9.59 Å². The molecule has 2 amide bonds. The molecule has 0 aliphatic carbocycles. The number of aromatic nitrogens is 1. The van der Waals surface area contributed by atoms with Crippen LogP contribution in [0.3, 0.4) is 0 Å². The number of fused-ring (bicyclic) bond motifs is 2. The van der Waals surface area contributed by atoms with E-state index in [0.717, 1.165) is 50.5 Å². The highest BCUT2D eigenvalue weighted by Crippen LogP contribution is 2.38. The second-order valence-corrected chi connectivity index (χ2v) is 9.26. The van der Waals surface area contributed by atoms with Gasteiger partial charge in [-0.25, -0.2) is 0 Å². The van der Waals surface area contributed by atoms with E-state index in [2.05, 4.69) is 22.4 Å². The van der Waals surface area contributed by atoms with Gasteiger partial charge in [-0.1, -0.05) is 36.4 Å². The number of H-pyrrole nitrogens is 1. The van der Waals surface area contributed by atoms with E-state index in [0.29, 0.717) is 18.9 Å². The van der Waals surface area contributed by atoms with Crippen molar-refractivity contribution in [2.45, 2.75) is 24.8 Å². The number of carbonyl (C=O) groups excluding carboxylic acids is 2. The minimum Gasteiger partial charge on any atom is -0.493 e. The number of anilines is 2. The van der Waals surface area contributed by atoms with Gasteiger partial charge in [0, 0.05) is 41.4 Å². The van der Waals surface area contributed by atoms with Crippen LogP contribution < -0.4 is 15.0 Å². The lowest BCUT2D eigenvalue weighted by Crippen LogP contribution is -2.34. The van der Waals surface area contributed by atoms with Crippen molar-refractivity contribution in [1.29, 1.82) is 0 Å². The monoisotopic (exact) mass is 471 g/mol. The molecule has 3 aromatic carbocycles. The molecular formula is C27H25N3O3S. The van der Waals surface area contributed by atoms with Gasteiger partial charge < -0.3 is 19.9 Å². The molecule has 0 saturated carbocycles. The lowest BCUT2D eigenvalue weighted by molar-refractivity contribution is -0.116. The first-order valence-electron chi connectivity index (χ1n) is 11.2. The zero-order valence-corrected chi connectivity index (χ0v) is 19.7. The number of rotatable bonds is 7. The van der Waals surface area contributed by atoms with Crippen LogP contribution in [-0.4, -0.2) is 29.2 Å². The van der Waals surface area contributed by atoms with E-state index in [-0.39, 0.29) is 11.8 Å². The highest BCUT2D eigenvalue weighted by molar-refractivity contribution is 8.00. The number of hydrogen-bond acceptors (Lipinski definition) is 4. The van der Waals surface area contributed by atoms with Crippen molar-refractivity contribution >= 4 is 45.9 Å². The van der Waals surface area contributed by atoms with Crippen LogP contribution in [0.15, 0.2) is 77.8 Å². The van der Waals surface area contributed by atoms with Gasteiger partial charge in [-0.05, 0) is 35.4 Å². The van der Waals surface area contributed by atoms with Crippen molar-refractivity contribution in [3.8, 4) is 5.75 Å². The lowest BCUT2D eigenvalue weighted by Gasteiger charge is -2.29. The van der Waals surface area contributed by atoms with Crippen molar-refractivity contribution in [2.24, 2.45) is 0 Å². The summed E-state index contributed by atoms with van der Waals surface area (Å²) in [5.41, 5.74) is 4.87. The predicted molar refractivity (Wildman–Crippen MR) is 137 cm³/mol. The fraction of sp³-hybridized carbons (Fsp3) is 0.185. The smallest absolute Gasteiger partial charge is 0.237 e. The Morgan fingerprint density at radius 1 is 1.09 bits per heavy atom. The normalized spacial score (nSPS) is 13.1. The third-order valence-corrected chi connectivity index (χ3v) is 6.82. The van der Waals surface area contributed by atoms with Crippen LogP contribution in [0.4, 0.5) is 11.4 Å². The lowest BCUT2D eigenvalue weighted by atomic mass is 10.1. The average molecular weight is 472 g/mol. The summed E-state index contributed by atoms with van der Waals surface area (Å²) in [5.74, 6) is 1.20. The predicted octanol–water partition coefficient (Wildman–Crippen LogP) is 5.39. The number of hydrogen-bond donors (Lipinski definition) is 2. The fourth-order valence-electron chi connectivity index (χ4n) is 4.11. The van der Waals surface area contributed by atoms with Crippen molar-refractivity contribution in [3.05, 3.63) is 84.1 Å². The number of nitrogens with one attached hydrogen (secondary N) is 2. The Balaban J connectivity index is 1.28. The molecule has 1 aromatic heterocycles. The van der Waals surface area contributed by atoms with Crippen LogP contribution in [-0.2, 0) is 22.6 Å². The summed E-state index contributed by atoms with van der Waals surface area (Å²) < 4.78 is 6.07. The second kappa shape index (κ2) is 9.65. The van der Waals surface area contributed by atoms with Crippen LogP contribution in [0.25, 0.3) is 10.9 Å². The topological polar surface area (TPSA) is 74.4 Å². The summed E-state index contributed by atoms with van der Waals surface area (Å²) in [4.78, 5) is 30.2. The Labute approximate surface area is 202 Å². The highest BCUT2D eigenvalue weighted by Gasteiger charge is 2.25. The molecule has 2 N–H and O–H groups in total. The van der Waals surface area contributed by atoms with E-state index in [9.17, 15) is 9.59 Å². The number of benzene rings is 3. The van der Waals surface area contributed by atoms with Crippen LogP contribution in [0.2, 0.25) is 0 Å². The molecule has 0 atom stereocenters. The largest absolute Gasteiger partial charge is 0.493 e. The van der Waals surface area contributed by atoms with Gasteiger partial charge in [0.05, 0.1) is 30.3 Å². The van der Waals surface area contributed by atoms with Gasteiger partial charge in [-0.15, -0.1) is 11.8 Å². The minimum atomic E-state index is -0.0972. The molecule has 0 saturated heterocycles. The summed E-state index contributed by atoms with van der Waals surface area (Å²) in [6.45, 7) is 2.55. The van der Waals surface area contributed by atoms with Crippen LogP contribution in [0.5, 0.6) is 5.75 Å². The molecule has 2 heterocycles. The van der Waals surface area contributed by atoms with Crippen LogP contribution in [0, 0.1) is 0 Å². The Bertz CT molecular complexity index is 1350. The number of thioether (sulfide) groups is 1. The number of aromatic amines is 1. The van der Waals surface area contributed by atoms with E-state index >= 15 is 0 Å². The number of ether oxygens (including phenoxy) is 1. The Morgan fingerprint density at radius 2 is 1.94 bits per heavy atom. The van der Waals surface area contributed by atoms with Crippen molar-refractivity contribution in [1.82, 2.24) is 4.98 Å². The Kier molecular flexibility index (Phi) is 6.27. The van der Waals surface area contributed by atoms with E-state index in [4.69, 9.17) is 4.74 Å². The SMILES string of the molecule is CC(=O)Nc1c[nH]c2ccc(CCOc3ccc4c(c3)N(Cc3ccccc3)C(=O)CS4)cc12. The van der Waals surface area contributed by atoms with Gasteiger partial charge in [0.15, 0.2) is 0 Å². The minimum absolute atomic E-state index is 0.0972. The van der Waals surface area contributed by atoms with Crippen LogP contribution in [0.1, 0.15) is 18.1 Å². The molecule has 7 heteroatoms. The maximum absolute atomic E-state index is 12.7. The summed E-state index contributed by atoms with van der Waals surface area (Å²) >= 11 is 1.57.